The third-order valence-electron chi connectivity index (χ3n) is 6.16. The van der Waals surface area contributed by atoms with Crippen LogP contribution in [0.3, 0.4) is 0 Å². The summed E-state index contributed by atoms with van der Waals surface area (Å²) in [6, 6.07) is 10.4. The van der Waals surface area contributed by atoms with Crippen LogP contribution >= 0.6 is 11.6 Å². The Morgan fingerprint density at radius 3 is 2.33 bits per heavy atom. The lowest BCUT2D eigenvalue weighted by Gasteiger charge is -2.47. The molecule has 33 heavy (non-hydrogen) atoms. The van der Waals surface area contributed by atoms with Crippen LogP contribution in [0.15, 0.2) is 36.4 Å². The van der Waals surface area contributed by atoms with Gasteiger partial charge in [-0.2, -0.15) is 0 Å². The maximum atomic E-state index is 11.5. The first-order valence-corrected chi connectivity index (χ1v) is 11.3. The van der Waals surface area contributed by atoms with Gasteiger partial charge in [-0.05, 0) is 67.1 Å². The van der Waals surface area contributed by atoms with Crippen molar-refractivity contribution in [3.05, 3.63) is 63.7 Å². The van der Waals surface area contributed by atoms with Crippen molar-refractivity contribution in [1.82, 2.24) is 0 Å². The molecule has 2 fully saturated rings. The molecule has 0 unspecified atom stereocenters. The molecule has 6 atom stereocenters. The number of aliphatic hydroxyl groups is 6. The summed E-state index contributed by atoms with van der Waals surface area (Å²) in [6.07, 6.45) is -5.40. The molecule has 1 aliphatic heterocycles. The van der Waals surface area contributed by atoms with E-state index in [1.165, 1.54) is 13.0 Å². The molecular formula is C24H29ClO8. The Morgan fingerprint density at radius 1 is 1.09 bits per heavy atom. The summed E-state index contributed by atoms with van der Waals surface area (Å²) in [5.41, 5.74) is 1.62. The number of halogens is 1. The highest BCUT2D eigenvalue weighted by Gasteiger charge is 2.55. The van der Waals surface area contributed by atoms with Crippen LogP contribution < -0.4 is 4.74 Å². The SMILES string of the molecule is C[C@H](O)[C@H]1O[C@](O)(c2cc(CO)cc(Cl)c2Cc2ccc(OC3CC3)cc2)[C@H](O)[C@@H](O)[C@@H]1O. The normalized spacial score (nSPS) is 30.8. The van der Waals surface area contributed by atoms with Gasteiger partial charge in [0, 0.05) is 10.6 Å². The van der Waals surface area contributed by atoms with E-state index in [0.29, 0.717) is 11.1 Å². The van der Waals surface area contributed by atoms with Crippen LogP contribution in [0.2, 0.25) is 5.02 Å². The summed E-state index contributed by atoms with van der Waals surface area (Å²) in [5.74, 6) is -1.75. The van der Waals surface area contributed by atoms with Crippen molar-refractivity contribution >= 4 is 11.6 Å². The molecular weight excluding hydrogens is 452 g/mol. The molecule has 2 aromatic carbocycles. The van der Waals surface area contributed by atoms with Gasteiger partial charge in [-0.15, -0.1) is 0 Å². The van der Waals surface area contributed by atoms with Gasteiger partial charge >= 0.3 is 0 Å². The number of hydrogen-bond acceptors (Lipinski definition) is 8. The molecule has 2 aromatic rings. The Kier molecular flexibility index (Phi) is 7.00. The fourth-order valence-electron chi connectivity index (χ4n) is 4.12. The predicted molar refractivity (Wildman–Crippen MR) is 119 cm³/mol. The molecule has 1 heterocycles. The van der Waals surface area contributed by atoms with Crippen molar-refractivity contribution in [1.29, 1.82) is 0 Å². The zero-order chi connectivity index (χ0) is 23.9. The smallest absolute Gasteiger partial charge is 0.222 e. The lowest BCUT2D eigenvalue weighted by atomic mass is 9.83. The van der Waals surface area contributed by atoms with Gasteiger partial charge in [0.05, 0.1) is 18.8 Å². The van der Waals surface area contributed by atoms with Crippen LogP contribution in [0, 0.1) is 0 Å². The van der Waals surface area contributed by atoms with Gasteiger partial charge in [-0.1, -0.05) is 23.7 Å². The van der Waals surface area contributed by atoms with Gasteiger partial charge in [0.15, 0.2) is 0 Å². The van der Waals surface area contributed by atoms with Crippen molar-refractivity contribution in [3.8, 4) is 5.75 Å². The average molecular weight is 481 g/mol. The van der Waals surface area contributed by atoms with Crippen molar-refractivity contribution < 1.29 is 40.1 Å². The topological polar surface area (TPSA) is 140 Å². The number of rotatable bonds is 7. The molecule has 1 aliphatic carbocycles. The van der Waals surface area contributed by atoms with Crippen LogP contribution in [0.5, 0.6) is 5.75 Å². The maximum absolute atomic E-state index is 11.5. The molecule has 2 aliphatic rings. The van der Waals surface area contributed by atoms with E-state index in [-0.39, 0.29) is 23.1 Å². The first-order chi connectivity index (χ1) is 15.6. The van der Waals surface area contributed by atoms with E-state index in [9.17, 15) is 30.6 Å². The Labute approximate surface area is 196 Å². The average Bonchev–Trinajstić information content (AvgIpc) is 3.61. The van der Waals surface area contributed by atoms with Gasteiger partial charge in [0.1, 0.15) is 30.2 Å². The summed E-state index contributed by atoms with van der Waals surface area (Å²) in [6.45, 7) is 0.944. The van der Waals surface area contributed by atoms with Gasteiger partial charge < -0.3 is 40.1 Å². The van der Waals surface area contributed by atoms with Gasteiger partial charge in [0.2, 0.25) is 5.79 Å². The van der Waals surface area contributed by atoms with Crippen LogP contribution in [-0.4, -0.2) is 67.3 Å². The molecule has 0 amide bonds. The highest BCUT2D eigenvalue weighted by molar-refractivity contribution is 6.31. The fourth-order valence-corrected chi connectivity index (χ4v) is 4.43. The zero-order valence-electron chi connectivity index (χ0n) is 18.1. The molecule has 4 rings (SSSR count). The molecule has 1 saturated carbocycles. The second-order valence-electron chi connectivity index (χ2n) is 8.85. The van der Waals surface area contributed by atoms with Crippen LogP contribution in [-0.2, 0) is 23.6 Å². The van der Waals surface area contributed by atoms with E-state index in [4.69, 9.17) is 21.1 Å². The summed E-state index contributed by atoms with van der Waals surface area (Å²) < 4.78 is 11.4. The van der Waals surface area contributed by atoms with E-state index in [1.54, 1.807) is 6.07 Å². The first-order valence-electron chi connectivity index (χ1n) is 10.9. The number of ether oxygens (including phenoxy) is 2. The standard InChI is InChI=1S/C24H29ClO8/c1-12(27)22-20(28)21(29)23(30)24(31,33-22)18-9-14(11-26)10-19(25)17(18)8-13-2-4-15(5-3-13)32-16-6-7-16/h2-5,9-10,12,16,20-23,26-31H,6-8,11H2,1H3/t12-,20-,21-,22+,23+,24+/m0/s1. The highest BCUT2D eigenvalue weighted by Crippen LogP contribution is 2.41. The molecule has 9 heteroatoms. The fraction of sp³-hybridized carbons (Fsp3) is 0.500. The summed E-state index contributed by atoms with van der Waals surface area (Å²) >= 11 is 6.52. The Balaban J connectivity index is 1.73. The lowest BCUT2D eigenvalue weighted by molar-refractivity contribution is -0.364. The van der Waals surface area contributed by atoms with Crippen LogP contribution in [0.1, 0.15) is 42.0 Å². The maximum Gasteiger partial charge on any atom is 0.222 e. The van der Waals surface area contributed by atoms with Gasteiger partial charge in [0.25, 0.3) is 0 Å². The number of benzene rings is 2. The summed E-state index contributed by atoms with van der Waals surface area (Å²) in [7, 11) is 0. The second-order valence-corrected chi connectivity index (χ2v) is 9.25. The number of hydrogen-bond donors (Lipinski definition) is 6. The molecule has 0 aromatic heterocycles. The number of aliphatic hydroxyl groups excluding tert-OH is 5. The third-order valence-corrected chi connectivity index (χ3v) is 6.49. The molecule has 0 radical (unpaired) electrons. The van der Waals surface area contributed by atoms with Gasteiger partial charge in [-0.3, -0.25) is 0 Å². The second kappa shape index (κ2) is 9.48. The Bertz CT molecular complexity index is 977. The summed E-state index contributed by atoms with van der Waals surface area (Å²) in [4.78, 5) is 0. The molecule has 6 N–H and O–H groups in total. The molecule has 0 spiro atoms. The van der Waals surface area contributed by atoms with E-state index in [0.717, 1.165) is 24.2 Å². The molecule has 1 saturated heterocycles. The molecule has 0 bridgehead atoms. The first kappa shape index (κ1) is 24.4. The summed E-state index contributed by atoms with van der Waals surface area (Å²) in [5, 5.41) is 62.7. The van der Waals surface area contributed by atoms with Crippen molar-refractivity contribution in [2.24, 2.45) is 0 Å². The highest BCUT2D eigenvalue weighted by atomic mass is 35.5. The monoisotopic (exact) mass is 480 g/mol. The quantitative estimate of drug-likeness (QED) is 0.344. The van der Waals surface area contributed by atoms with Crippen molar-refractivity contribution in [2.45, 2.75) is 75.2 Å². The van der Waals surface area contributed by atoms with E-state index in [1.807, 2.05) is 24.3 Å². The molecule has 180 valence electrons. The predicted octanol–water partition coefficient (Wildman–Crippen LogP) is 0.972. The minimum atomic E-state index is -2.50. The van der Waals surface area contributed by atoms with E-state index < -0.39 is 42.9 Å². The Morgan fingerprint density at radius 2 is 1.76 bits per heavy atom. The third kappa shape index (κ3) is 4.89. The van der Waals surface area contributed by atoms with Crippen LogP contribution in [0.4, 0.5) is 0 Å². The van der Waals surface area contributed by atoms with Crippen molar-refractivity contribution in [2.75, 3.05) is 0 Å². The van der Waals surface area contributed by atoms with E-state index in [2.05, 4.69) is 0 Å². The molecule has 8 nitrogen and oxygen atoms in total. The lowest BCUT2D eigenvalue weighted by Crippen LogP contribution is -2.65. The van der Waals surface area contributed by atoms with Crippen LogP contribution in [0.25, 0.3) is 0 Å². The Hall–Kier alpha value is -1.75. The zero-order valence-corrected chi connectivity index (χ0v) is 18.9. The minimum absolute atomic E-state index is 0.0291. The van der Waals surface area contributed by atoms with E-state index >= 15 is 0 Å². The largest absolute Gasteiger partial charge is 0.490 e. The van der Waals surface area contributed by atoms with Gasteiger partial charge in [-0.25, -0.2) is 0 Å². The van der Waals surface area contributed by atoms with Crippen molar-refractivity contribution in [3.63, 3.8) is 0 Å². The minimum Gasteiger partial charge on any atom is -0.490 e.